The van der Waals surface area contributed by atoms with E-state index in [1.54, 1.807) is 29.3 Å². The number of likely N-dealkylation sites (tertiary alicyclic amines) is 1. The Morgan fingerprint density at radius 1 is 1.09 bits per heavy atom. The van der Waals surface area contributed by atoms with E-state index in [9.17, 15) is 9.59 Å². The minimum atomic E-state index is -0.188. The number of aromatic nitrogens is 3. The summed E-state index contributed by atoms with van der Waals surface area (Å²) in [6, 6.07) is 16.1. The topological polar surface area (TPSA) is 89.3 Å². The first-order valence-corrected chi connectivity index (χ1v) is 11.0. The normalized spacial score (nSPS) is 12.6. The van der Waals surface area contributed by atoms with Crippen LogP contribution in [-0.4, -0.2) is 45.4 Å². The maximum absolute atomic E-state index is 12.2. The SMILES string of the molecule is CC.O=C(Nc1cc(OCCn2nc(-c3ccccc3)ccc2=O)ccn1)N1CCCC1.[HH]. The lowest BCUT2D eigenvalue weighted by molar-refractivity contribution is 0.222. The Labute approximate surface area is 189 Å². The highest BCUT2D eigenvalue weighted by atomic mass is 16.5. The number of anilines is 1. The fourth-order valence-electron chi connectivity index (χ4n) is 3.30. The molecule has 4 rings (SSSR count). The molecule has 32 heavy (non-hydrogen) atoms. The highest BCUT2D eigenvalue weighted by Crippen LogP contribution is 2.17. The van der Waals surface area contributed by atoms with Crippen molar-refractivity contribution in [3.63, 3.8) is 0 Å². The van der Waals surface area contributed by atoms with Gasteiger partial charge in [-0.15, -0.1) is 0 Å². The molecule has 2 aromatic heterocycles. The molecule has 0 aliphatic carbocycles. The molecule has 0 radical (unpaired) electrons. The summed E-state index contributed by atoms with van der Waals surface area (Å²) in [7, 11) is 0. The van der Waals surface area contributed by atoms with E-state index in [1.807, 2.05) is 44.2 Å². The van der Waals surface area contributed by atoms with Gasteiger partial charge in [0.1, 0.15) is 18.2 Å². The molecule has 1 fully saturated rings. The monoisotopic (exact) mass is 437 g/mol. The van der Waals surface area contributed by atoms with Crippen molar-refractivity contribution < 1.29 is 11.0 Å². The standard InChI is InChI=1S/C22H23N5O3.C2H6.H2/c28-21-9-8-19(17-6-2-1-3-7-17)25-27(21)14-15-30-18-10-11-23-20(16-18)24-22(29)26-12-4-5-13-26;1-2;/h1-3,6-11,16H,4-5,12-15H2,(H,23,24,29);1-2H3;1H. The van der Waals surface area contributed by atoms with E-state index in [2.05, 4.69) is 15.4 Å². The van der Waals surface area contributed by atoms with Crippen molar-refractivity contribution in [1.82, 2.24) is 19.7 Å². The third-order valence-electron chi connectivity index (χ3n) is 4.87. The van der Waals surface area contributed by atoms with Crippen molar-refractivity contribution in [2.45, 2.75) is 33.2 Å². The number of hydrogen-bond acceptors (Lipinski definition) is 5. The average Bonchev–Trinajstić information content (AvgIpc) is 3.38. The second kappa shape index (κ2) is 11.6. The fourth-order valence-corrected chi connectivity index (χ4v) is 3.30. The van der Waals surface area contributed by atoms with Crippen LogP contribution < -0.4 is 15.6 Å². The van der Waals surface area contributed by atoms with Gasteiger partial charge in [0.25, 0.3) is 5.56 Å². The zero-order chi connectivity index (χ0) is 22.8. The predicted octanol–water partition coefficient (Wildman–Crippen LogP) is 4.28. The molecule has 0 saturated carbocycles. The number of rotatable bonds is 6. The summed E-state index contributed by atoms with van der Waals surface area (Å²) >= 11 is 0. The summed E-state index contributed by atoms with van der Waals surface area (Å²) in [4.78, 5) is 30.3. The van der Waals surface area contributed by atoms with Crippen LogP contribution in [0.3, 0.4) is 0 Å². The largest absolute Gasteiger partial charge is 0.491 e. The van der Waals surface area contributed by atoms with Crippen molar-refractivity contribution in [3.8, 4) is 17.0 Å². The second-order valence-electron chi connectivity index (χ2n) is 7.00. The number of urea groups is 1. The lowest BCUT2D eigenvalue weighted by Crippen LogP contribution is -2.32. The third-order valence-corrected chi connectivity index (χ3v) is 4.87. The summed E-state index contributed by atoms with van der Waals surface area (Å²) < 4.78 is 7.14. The average molecular weight is 438 g/mol. The van der Waals surface area contributed by atoms with E-state index >= 15 is 0 Å². The van der Waals surface area contributed by atoms with Gasteiger partial charge in [-0.05, 0) is 25.0 Å². The van der Waals surface area contributed by atoms with Crippen molar-refractivity contribution in [1.29, 1.82) is 0 Å². The molecule has 1 aromatic carbocycles. The van der Waals surface area contributed by atoms with Crippen LogP contribution in [0.15, 0.2) is 65.6 Å². The van der Waals surface area contributed by atoms with E-state index in [1.165, 1.54) is 10.7 Å². The number of nitrogens with one attached hydrogen (secondary N) is 1. The van der Waals surface area contributed by atoms with Crippen LogP contribution in [0, 0.1) is 0 Å². The van der Waals surface area contributed by atoms with Gasteiger partial charge in [-0.3, -0.25) is 10.1 Å². The van der Waals surface area contributed by atoms with Crippen LogP contribution in [0.4, 0.5) is 10.6 Å². The van der Waals surface area contributed by atoms with E-state index in [4.69, 9.17) is 4.74 Å². The van der Waals surface area contributed by atoms with Crippen LogP contribution in [0.2, 0.25) is 0 Å². The molecule has 3 aromatic rings. The molecule has 1 N–H and O–H groups in total. The molecule has 8 nitrogen and oxygen atoms in total. The van der Waals surface area contributed by atoms with Crippen LogP contribution in [0.5, 0.6) is 5.75 Å². The Bertz CT molecular complexity index is 1070. The van der Waals surface area contributed by atoms with Gasteiger partial charge < -0.3 is 9.64 Å². The van der Waals surface area contributed by atoms with E-state index < -0.39 is 0 Å². The number of carbonyl (C=O) groups is 1. The number of nitrogens with zero attached hydrogens (tertiary/aromatic N) is 4. The van der Waals surface area contributed by atoms with E-state index in [-0.39, 0.29) is 19.6 Å². The fraction of sp³-hybridized carbons (Fsp3) is 0.333. The first kappa shape index (κ1) is 23.0. The number of pyridine rings is 1. The van der Waals surface area contributed by atoms with Crippen LogP contribution in [-0.2, 0) is 6.54 Å². The molecule has 1 saturated heterocycles. The number of hydrogen-bond donors (Lipinski definition) is 1. The van der Waals surface area contributed by atoms with Crippen molar-refractivity contribution in [3.05, 3.63) is 71.1 Å². The molecule has 0 spiro atoms. The first-order chi connectivity index (χ1) is 15.7. The molecule has 3 heterocycles. The third kappa shape index (κ3) is 6.16. The quantitative estimate of drug-likeness (QED) is 0.622. The molecule has 1 aliphatic heterocycles. The van der Waals surface area contributed by atoms with Gasteiger partial charge in [-0.25, -0.2) is 14.5 Å². The summed E-state index contributed by atoms with van der Waals surface area (Å²) in [6.07, 6.45) is 3.64. The van der Waals surface area contributed by atoms with Gasteiger partial charge >= 0.3 is 6.03 Å². The summed E-state index contributed by atoms with van der Waals surface area (Å²) in [5.74, 6) is 1.000. The van der Waals surface area contributed by atoms with Gasteiger partial charge in [-0.2, -0.15) is 5.10 Å². The molecular weight excluding hydrogens is 406 g/mol. The molecule has 0 unspecified atom stereocenters. The number of benzene rings is 1. The van der Waals surface area contributed by atoms with Crippen molar-refractivity contribution in [2.75, 3.05) is 25.0 Å². The minimum Gasteiger partial charge on any atom is -0.491 e. The van der Waals surface area contributed by atoms with Gasteiger partial charge in [0.05, 0.1) is 12.2 Å². The van der Waals surface area contributed by atoms with Crippen molar-refractivity contribution >= 4 is 11.8 Å². The zero-order valence-corrected chi connectivity index (χ0v) is 18.5. The lowest BCUT2D eigenvalue weighted by atomic mass is 10.1. The van der Waals surface area contributed by atoms with Gasteiger partial charge in [0.2, 0.25) is 0 Å². The molecule has 2 amide bonds. The second-order valence-corrected chi connectivity index (χ2v) is 7.00. The molecule has 170 valence electrons. The molecular formula is C24H31N5O3. The van der Waals surface area contributed by atoms with Gasteiger partial charge in [0, 0.05) is 38.4 Å². The Kier molecular flexibility index (Phi) is 8.36. The molecule has 0 bridgehead atoms. The maximum Gasteiger partial charge on any atom is 0.323 e. The first-order valence-electron chi connectivity index (χ1n) is 11.0. The Balaban J connectivity index is 0.00000125. The lowest BCUT2D eigenvalue weighted by Gasteiger charge is -2.16. The molecule has 8 heteroatoms. The van der Waals surface area contributed by atoms with Gasteiger partial charge in [0.15, 0.2) is 0 Å². The predicted molar refractivity (Wildman–Crippen MR) is 127 cm³/mol. The molecule has 0 atom stereocenters. The van der Waals surface area contributed by atoms with Crippen LogP contribution in [0.25, 0.3) is 11.3 Å². The molecule has 1 aliphatic rings. The van der Waals surface area contributed by atoms with Crippen molar-refractivity contribution in [2.24, 2.45) is 0 Å². The number of ether oxygens (including phenoxy) is 1. The summed E-state index contributed by atoms with van der Waals surface area (Å²) in [6.45, 7) is 6.10. The zero-order valence-electron chi connectivity index (χ0n) is 18.5. The van der Waals surface area contributed by atoms with Crippen LogP contribution in [0.1, 0.15) is 28.1 Å². The maximum atomic E-state index is 12.2. The smallest absolute Gasteiger partial charge is 0.323 e. The number of amides is 2. The highest BCUT2D eigenvalue weighted by molar-refractivity contribution is 5.88. The number of carbonyl (C=O) groups excluding carboxylic acids is 1. The Morgan fingerprint density at radius 2 is 1.84 bits per heavy atom. The summed E-state index contributed by atoms with van der Waals surface area (Å²) in [5.41, 5.74) is 1.48. The highest BCUT2D eigenvalue weighted by Gasteiger charge is 2.18. The van der Waals surface area contributed by atoms with Gasteiger partial charge in [-0.1, -0.05) is 44.2 Å². The van der Waals surface area contributed by atoms with Crippen LogP contribution >= 0.6 is 0 Å². The minimum absolute atomic E-state index is 0. The van der Waals surface area contributed by atoms with E-state index in [0.717, 1.165) is 37.2 Å². The van der Waals surface area contributed by atoms with E-state index in [0.29, 0.717) is 18.1 Å². The Hall–Kier alpha value is -3.68. The Morgan fingerprint density at radius 3 is 2.59 bits per heavy atom. The summed E-state index contributed by atoms with van der Waals surface area (Å²) in [5, 5.41) is 7.22.